The van der Waals surface area contributed by atoms with Crippen LogP contribution in [0.25, 0.3) is 0 Å². The zero-order valence-electron chi connectivity index (χ0n) is 42.7. The van der Waals surface area contributed by atoms with Gasteiger partial charge in [0.25, 0.3) is 0 Å². The van der Waals surface area contributed by atoms with Gasteiger partial charge >= 0.3 is 17.9 Å². The fourth-order valence-corrected chi connectivity index (χ4v) is 7.47. The Balaban J connectivity index is 4.44. The van der Waals surface area contributed by atoms with Crippen molar-refractivity contribution in [3.63, 3.8) is 0 Å². The van der Waals surface area contributed by atoms with Gasteiger partial charge in [-0.2, -0.15) is 0 Å². The number of ether oxygens (including phenoxy) is 3. The lowest BCUT2D eigenvalue weighted by molar-refractivity contribution is -0.167. The van der Waals surface area contributed by atoms with Crippen molar-refractivity contribution in [1.82, 2.24) is 0 Å². The predicted octanol–water partition coefficient (Wildman–Crippen LogP) is 18.2. The van der Waals surface area contributed by atoms with Crippen LogP contribution in [0, 0.1) is 0 Å². The Labute approximate surface area is 402 Å². The van der Waals surface area contributed by atoms with E-state index < -0.39 is 6.10 Å². The van der Waals surface area contributed by atoms with Crippen LogP contribution in [0.2, 0.25) is 0 Å². The molecule has 0 saturated heterocycles. The minimum Gasteiger partial charge on any atom is -0.462 e. The highest BCUT2D eigenvalue weighted by Crippen LogP contribution is 2.14. The number of hydrogen-bond donors (Lipinski definition) is 0. The molecule has 0 spiro atoms. The van der Waals surface area contributed by atoms with Crippen molar-refractivity contribution in [3.8, 4) is 0 Å². The lowest BCUT2D eigenvalue weighted by Gasteiger charge is -2.18. The summed E-state index contributed by atoms with van der Waals surface area (Å²) >= 11 is 0. The van der Waals surface area contributed by atoms with Gasteiger partial charge in [0.05, 0.1) is 0 Å². The standard InChI is InChI=1S/C59H102O6/c1-4-7-10-13-16-19-22-25-28-29-32-34-37-40-43-46-49-52-58(61)64-55-56(65-59(62)53-50-47-44-41-38-35-31-27-24-21-18-15-12-9-6-3)54-63-57(60)51-48-45-42-39-36-33-30-26-23-20-17-14-11-8-5-2/h16-21,25-28,30-31,56H,4-15,22-24,29,32-55H2,1-3H3/b19-16-,20-17-,21-18-,28-25-,30-26-,31-27-. The molecule has 0 aliphatic rings. The molecular formula is C59H102O6. The van der Waals surface area contributed by atoms with E-state index in [-0.39, 0.29) is 31.1 Å². The van der Waals surface area contributed by atoms with Crippen LogP contribution in [-0.4, -0.2) is 37.2 Å². The van der Waals surface area contributed by atoms with Gasteiger partial charge in [-0.3, -0.25) is 14.4 Å². The summed E-state index contributed by atoms with van der Waals surface area (Å²) < 4.78 is 16.8. The number of esters is 3. The second-order valence-electron chi connectivity index (χ2n) is 18.1. The van der Waals surface area contributed by atoms with Crippen LogP contribution in [0.3, 0.4) is 0 Å². The first-order valence-electron chi connectivity index (χ1n) is 27.4. The van der Waals surface area contributed by atoms with Crippen molar-refractivity contribution in [2.24, 2.45) is 0 Å². The highest BCUT2D eigenvalue weighted by atomic mass is 16.6. The molecule has 0 aromatic heterocycles. The Morgan fingerprint density at radius 1 is 0.308 bits per heavy atom. The first-order valence-corrected chi connectivity index (χ1v) is 27.4. The molecule has 0 aliphatic carbocycles. The SMILES string of the molecule is CCCCC/C=C\C/C=C\CCCCCCCCCC(=O)OCC(COC(=O)CCCCCCC/C=C\C/C=C\CCCCC)OC(=O)CCCCCCC/C=C\C/C=C\CCCCC. The van der Waals surface area contributed by atoms with Crippen molar-refractivity contribution in [2.45, 2.75) is 271 Å². The van der Waals surface area contributed by atoms with Gasteiger partial charge < -0.3 is 14.2 Å². The maximum absolute atomic E-state index is 12.8. The highest BCUT2D eigenvalue weighted by Gasteiger charge is 2.19. The summed E-state index contributed by atoms with van der Waals surface area (Å²) in [6.07, 6.45) is 67.3. The van der Waals surface area contributed by atoms with Crippen molar-refractivity contribution in [1.29, 1.82) is 0 Å². The molecule has 0 saturated carbocycles. The van der Waals surface area contributed by atoms with E-state index >= 15 is 0 Å². The molecule has 6 nitrogen and oxygen atoms in total. The largest absolute Gasteiger partial charge is 0.462 e. The average molecular weight is 907 g/mol. The molecule has 0 aromatic rings. The monoisotopic (exact) mass is 907 g/mol. The summed E-state index contributed by atoms with van der Waals surface area (Å²) in [7, 11) is 0. The molecule has 0 aliphatic heterocycles. The lowest BCUT2D eigenvalue weighted by Crippen LogP contribution is -2.30. The van der Waals surface area contributed by atoms with E-state index in [4.69, 9.17) is 14.2 Å². The number of carbonyl (C=O) groups excluding carboxylic acids is 3. The van der Waals surface area contributed by atoms with Gasteiger partial charge in [0.2, 0.25) is 0 Å². The maximum Gasteiger partial charge on any atom is 0.306 e. The first kappa shape index (κ1) is 61.9. The van der Waals surface area contributed by atoms with Crippen LogP contribution in [0.5, 0.6) is 0 Å². The van der Waals surface area contributed by atoms with Crippen molar-refractivity contribution >= 4 is 17.9 Å². The van der Waals surface area contributed by atoms with Gasteiger partial charge in [0.1, 0.15) is 13.2 Å². The van der Waals surface area contributed by atoms with Gasteiger partial charge in [0, 0.05) is 19.3 Å². The van der Waals surface area contributed by atoms with Crippen LogP contribution in [0.1, 0.15) is 265 Å². The molecule has 65 heavy (non-hydrogen) atoms. The Morgan fingerprint density at radius 3 is 0.846 bits per heavy atom. The molecule has 374 valence electrons. The van der Waals surface area contributed by atoms with Crippen molar-refractivity contribution in [2.75, 3.05) is 13.2 Å². The van der Waals surface area contributed by atoms with E-state index in [0.29, 0.717) is 19.3 Å². The molecule has 0 amide bonds. The van der Waals surface area contributed by atoms with Gasteiger partial charge in [-0.15, -0.1) is 0 Å². The number of hydrogen-bond acceptors (Lipinski definition) is 6. The van der Waals surface area contributed by atoms with E-state index in [0.717, 1.165) is 116 Å². The Kier molecular flexibility index (Phi) is 50.9. The van der Waals surface area contributed by atoms with Gasteiger partial charge in [-0.1, -0.05) is 203 Å². The quantitative estimate of drug-likeness (QED) is 0.0262. The Hall–Kier alpha value is -3.15. The van der Waals surface area contributed by atoms with Crippen molar-refractivity contribution < 1.29 is 28.6 Å². The van der Waals surface area contributed by atoms with E-state index in [9.17, 15) is 14.4 Å². The third-order valence-corrected chi connectivity index (χ3v) is 11.7. The van der Waals surface area contributed by atoms with Crippen molar-refractivity contribution in [3.05, 3.63) is 72.9 Å². The minimum absolute atomic E-state index is 0.0899. The zero-order chi connectivity index (χ0) is 47.2. The highest BCUT2D eigenvalue weighted by molar-refractivity contribution is 5.71. The molecule has 0 fully saturated rings. The average Bonchev–Trinajstić information content (AvgIpc) is 3.30. The molecule has 0 heterocycles. The van der Waals surface area contributed by atoms with Crippen LogP contribution in [0.4, 0.5) is 0 Å². The van der Waals surface area contributed by atoms with Crippen LogP contribution in [-0.2, 0) is 28.6 Å². The molecule has 1 atom stereocenters. The van der Waals surface area contributed by atoms with Gasteiger partial charge in [0.15, 0.2) is 6.10 Å². The minimum atomic E-state index is -0.792. The third kappa shape index (κ3) is 51.7. The molecule has 0 bridgehead atoms. The smallest absolute Gasteiger partial charge is 0.306 e. The molecule has 0 radical (unpaired) electrons. The predicted molar refractivity (Wildman–Crippen MR) is 279 cm³/mol. The number of unbranched alkanes of at least 4 members (excludes halogenated alkanes) is 26. The Morgan fingerprint density at radius 2 is 0.554 bits per heavy atom. The molecule has 0 N–H and O–H groups in total. The maximum atomic E-state index is 12.8. The van der Waals surface area contributed by atoms with E-state index in [1.54, 1.807) is 0 Å². The van der Waals surface area contributed by atoms with Gasteiger partial charge in [-0.05, 0) is 116 Å². The zero-order valence-corrected chi connectivity index (χ0v) is 42.7. The van der Waals surface area contributed by atoms with Gasteiger partial charge in [-0.25, -0.2) is 0 Å². The summed E-state index contributed by atoms with van der Waals surface area (Å²) in [5.41, 5.74) is 0. The van der Waals surface area contributed by atoms with Crippen LogP contribution in [0.15, 0.2) is 72.9 Å². The number of allylic oxidation sites excluding steroid dienone is 12. The summed E-state index contributed by atoms with van der Waals surface area (Å²) in [5, 5.41) is 0. The summed E-state index contributed by atoms with van der Waals surface area (Å²) in [5.74, 6) is -0.921. The molecule has 6 heteroatoms. The summed E-state index contributed by atoms with van der Waals surface area (Å²) in [4.78, 5) is 38.1. The lowest BCUT2D eigenvalue weighted by atomic mass is 10.1. The normalized spacial score (nSPS) is 12.6. The molecule has 0 rings (SSSR count). The fraction of sp³-hybridized carbons (Fsp3) is 0.746. The summed E-state index contributed by atoms with van der Waals surface area (Å²) in [6, 6.07) is 0. The van der Waals surface area contributed by atoms with E-state index in [1.807, 2.05) is 0 Å². The summed E-state index contributed by atoms with van der Waals surface area (Å²) in [6.45, 7) is 6.54. The third-order valence-electron chi connectivity index (χ3n) is 11.7. The molecule has 1 unspecified atom stereocenters. The van der Waals surface area contributed by atoms with Crippen LogP contribution >= 0.6 is 0 Å². The second-order valence-corrected chi connectivity index (χ2v) is 18.1. The first-order chi connectivity index (χ1) is 32.0. The second kappa shape index (κ2) is 53.5. The molecular weight excluding hydrogens is 805 g/mol. The number of carbonyl (C=O) groups is 3. The fourth-order valence-electron chi connectivity index (χ4n) is 7.47. The Bertz CT molecular complexity index is 1230. The van der Waals surface area contributed by atoms with E-state index in [1.165, 1.54) is 109 Å². The number of rotatable bonds is 49. The topological polar surface area (TPSA) is 78.9 Å². The molecule has 0 aromatic carbocycles. The van der Waals surface area contributed by atoms with E-state index in [2.05, 4.69) is 93.7 Å². The van der Waals surface area contributed by atoms with Crippen LogP contribution < -0.4 is 0 Å².